The molecule has 0 heterocycles. The second kappa shape index (κ2) is 6.28. The monoisotopic (exact) mass is 234 g/mol. The zero-order chi connectivity index (χ0) is 11.2. The van der Waals surface area contributed by atoms with Crippen molar-refractivity contribution in [2.24, 2.45) is 0 Å². The normalized spacial score (nSPS) is 14.4. The van der Waals surface area contributed by atoms with E-state index < -0.39 is 15.3 Å². The molecule has 0 N–H and O–H groups in total. The molecule has 0 bridgehead atoms. The molecule has 0 aliphatic carbocycles. The zero-order valence-electron chi connectivity index (χ0n) is 11.2. The van der Waals surface area contributed by atoms with Crippen LogP contribution in [-0.4, -0.2) is 32.8 Å². The summed E-state index contributed by atoms with van der Waals surface area (Å²) in [6.45, 7) is 14.8. The van der Waals surface area contributed by atoms with Crippen LogP contribution in [0.3, 0.4) is 0 Å². The summed E-state index contributed by atoms with van der Waals surface area (Å²) >= 11 is 0. The standard InChI is InChI=1S/C12H31PSi/c1-7-13(6,8-2)12-14(9-3,10-4)11-5/h13H,7-12H2,1-6H3. The van der Waals surface area contributed by atoms with Gasteiger partial charge in [0.15, 0.2) is 0 Å². The van der Waals surface area contributed by atoms with Crippen LogP contribution in [0.2, 0.25) is 18.1 Å². The summed E-state index contributed by atoms with van der Waals surface area (Å²) in [5, 5.41) is 0. The third kappa shape index (κ3) is 3.66. The number of hydrogen-bond acceptors (Lipinski definition) is 0. The third-order valence-electron chi connectivity index (χ3n) is 4.76. The van der Waals surface area contributed by atoms with Crippen LogP contribution in [0.25, 0.3) is 0 Å². The van der Waals surface area contributed by atoms with Gasteiger partial charge in [-0.25, -0.2) is 0 Å². The molecule has 0 atom stereocenters. The third-order valence-corrected chi connectivity index (χ3v) is 19.1. The van der Waals surface area contributed by atoms with E-state index in [0.717, 1.165) is 0 Å². The van der Waals surface area contributed by atoms with Gasteiger partial charge in [0.05, 0.1) is 0 Å². The molecule has 0 fully saturated rings. The average Bonchev–Trinajstić information content (AvgIpc) is 2.26. The van der Waals surface area contributed by atoms with Crippen molar-refractivity contribution in [1.29, 1.82) is 0 Å². The SMILES string of the molecule is CC[Si](CC)(CC)C[PH](C)(CC)CC. The van der Waals surface area contributed by atoms with Crippen LogP contribution in [-0.2, 0) is 0 Å². The molecule has 0 unspecified atom stereocenters. The van der Waals surface area contributed by atoms with E-state index in [1.165, 1.54) is 30.5 Å². The Balaban J connectivity index is 4.56. The molecular weight excluding hydrogens is 203 g/mol. The minimum absolute atomic E-state index is 0.833. The maximum absolute atomic E-state index is 2.63. The van der Waals surface area contributed by atoms with Crippen LogP contribution in [0.4, 0.5) is 0 Å². The molecule has 0 rings (SSSR count). The fourth-order valence-electron chi connectivity index (χ4n) is 2.53. The van der Waals surface area contributed by atoms with Crippen LogP contribution in [0.1, 0.15) is 34.6 Å². The van der Waals surface area contributed by atoms with Gasteiger partial charge in [-0.2, -0.15) is 0 Å². The molecule has 0 spiro atoms. The summed E-state index contributed by atoms with van der Waals surface area (Å²) in [6.07, 6.45) is 3.00. The Morgan fingerprint density at radius 3 is 1.36 bits per heavy atom. The Hall–Kier alpha value is 0.647. The van der Waals surface area contributed by atoms with Crippen molar-refractivity contribution in [3.8, 4) is 0 Å². The van der Waals surface area contributed by atoms with E-state index in [4.69, 9.17) is 0 Å². The fraction of sp³-hybridized carbons (Fsp3) is 1.00. The van der Waals surface area contributed by atoms with Crippen molar-refractivity contribution in [3.63, 3.8) is 0 Å². The summed E-state index contributed by atoms with van der Waals surface area (Å²) in [6, 6.07) is 4.55. The molecule has 0 aromatic carbocycles. The van der Waals surface area contributed by atoms with Gasteiger partial charge >= 0.3 is 92.9 Å². The van der Waals surface area contributed by atoms with Crippen LogP contribution >= 0.6 is 7.26 Å². The van der Waals surface area contributed by atoms with Crippen molar-refractivity contribution in [2.75, 3.05) is 24.8 Å². The van der Waals surface area contributed by atoms with Gasteiger partial charge in [0, 0.05) is 0 Å². The number of rotatable bonds is 7. The van der Waals surface area contributed by atoms with E-state index in [9.17, 15) is 0 Å². The molecule has 0 nitrogen and oxygen atoms in total. The quantitative estimate of drug-likeness (QED) is 0.451. The van der Waals surface area contributed by atoms with Crippen LogP contribution in [0.15, 0.2) is 0 Å². The van der Waals surface area contributed by atoms with Crippen molar-refractivity contribution >= 4 is 15.3 Å². The van der Waals surface area contributed by atoms with E-state index >= 15 is 0 Å². The Labute approximate surface area is 93.2 Å². The maximum atomic E-state index is 2.63. The van der Waals surface area contributed by atoms with Gasteiger partial charge in [0.25, 0.3) is 0 Å². The molecule has 2 heteroatoms. The van der Waals surface area contributed by atoms with Gasteiger partial charge in [0.2, 0.25) is 0 Å². The van der Waals surface area contributed by atoms with Crippen molar-refractivity contribution in [2.45, 2.75) is 52.8 Å². The summed E-state index contributed by atoms with van der Waals surface area (Å²) in [5.74, 6) is 1.69. The van der Waals surface area contributed by atoms with E-state index in [-0.39, 0.29) is 0 Å². The van der Waals surface area contributed by atoms with Crippen molar-refractivity contribution in [3.05, 3.63) is 0 Å². The molecule has 0 amide bonds. The Kier molecular flexibility index (Phi) is 6.57. The molecule has 0 aromatic rings. The Morgan fingerprint density at radius 2 is 1.14 bits per heavy atom. The van der Waals surface area contributed by atoms with Crippen LogP contribution in [0.5, 0.6) is 0 Å². The van der Waals surface area contributed by atoms with Crippen molar-refractivity contribution in [1.82, 2.24) is 0 Å². The molecule has 0 radical (unpaired) electrons. The second-order valence-corrected chi connectivity index (χ2v) is 16.8. The van der Waals surface area contributed by atoms with E-state index in [0.29, 0.717) is 0 Å². The molecule has 0 saturated heterocycles. The molecule has 14 heavy (non-hydrogen) atoms. The first-order valence-corrected chi connectivity index (χ1v) is 12.5. The summed E-state index contributed by atoms with van der Waals surface area (Å²) in [7, 11) is -1.67. The Bertz CT molecular complexity index is 140. The van der Waals surface area contributed by atoms with Crippen molar-refractivity contribution < 1.29 is 0 Å². The van der Waals surface area contributed by atoms with E-state index in [2.05, 4.69) is 41.3 Å². The first-order chi connectivity index (χ1) is 6.51. The van der Waals surface area contributed by atoms with E-state index in [1.54, 1.807) is 5.79 Å². The molecule has 0 aliphatic rings. The van der Waals surface area contributed by atoms with Gasteiger partial charge in [-0.1, -0.05) is 0 Å². The van der Waals surface area contributed by atoms with Gasteiger partial charge in [-0.05, 0) is 0 Å². The molecule has 0 aromatic heterocycles. The number of hydrogen-bond donors (Lipinski definition) is 0. The zero-order valence-corrected chi connectivity index (χ0v) is 13.2. The van der Waals surface area contributed by atoms with Gasteiger partial charge in [0.1, 0.15) is 0 Å². The summed E-state index contributed by atoms with van der Waals surface area (Å²) in [4.78, 5) is 0. The fourth-order valence-corrected chi connectivity index (χ4v) is 16.8. The van der Waals surface area contributed by atoms with Crippen LogP contribution < -0.4 is 0 Å². The predicted octanol–water partition coefficient (Wildman–Crippen LogP) is 4.45. The molecule has 0 saturated carbocycles. The first-order valence-electron chi connectivity index (χ1n) is 6.51. The molecule has 88 valence electrons. The van der Waals surface area contributed by atoms with Gasteiger partial charge in [-0.3, -0.25) is 0 Å². The molecule has 0 aliphatic heterocycles. The molecular formula is C12H31PSi. The summed E-state index contributed by atoms with van der Waals surface area (Å²) in [5.41, 5.74) is 0. The summed E-state index contributed by atoms with van der Waals surface area (Å²) < 4.78 is 0. The van der Waals surface area contributed by atoms with Gasteiger partial charge in [-0.15, -0.1) is 0 Å². The Morgan fingerprint density at radius 1 is 0.786 bits per heavy atom. The van der Waals surface area contributed by atoms with Gasteiger partial charge < -0.3 is 0 Å². The second-order valence-electron chi connectivity index (χ2n) is 5.26. The minimum atomic E-state index is -0.834. The van der Waals surface area contributed by atoms with Crippen LogP contribution in [0, 0.1) is 0 Å². The first kappa shape index (κ1) is 14.6. The predicted molar refractivity (Wildman–Crippen MR) is 77.4 cm³/mol. The topological polar surface area (TPSA) is 0 Å². The average molecular weight is 234 g/mol. The van der Waals surface area contributed by atoms with E-state index in [1.807, 2.05) is 0 Å².